The number of esters is 1. The van der Waals surface area contributed by atoms with Crippen molar-refractivity contribution < 1.29 is 18.5 Å². The summed E-state index contributed by atoms with van der Waals surface area (Å²) in [5, 5.41) is -0.173. The minimum absolute atomic E-state index is 0.151. The quantitative estimate of drug-likeness (QED) is 0.621. The molecule has 0 aromatic rings. The van der Waals surface area contributed by atoms with Gasteiger partial charge in [0.15, 0.2) is 0 Å². The fourth-order valence-electron chi connectivity index (χ4n) is 0.978. The molecule has 0 bridgehead atoms. The minimum atomic E-state index is -1.03. The normalized spacial score (nSPS) is 15.0. The largest absolute Gasteiger partial charge is 0.469 e. The number of hydrogen-bond acceptors (Lipinski definition) is 4. The van der Waals surface area contributed by atoms with Gasteiger partial charge in [0, 0.05) is 21.8 Å². The highest BCUT2D eigenvalue weighted by atomic mass is 32.2. The lowest BCUT2D eigenvalue weighted by Gasteiger charge is -2.11. The Hall–Kier alpha value is -0.420. The van der Waals surface area contributed by atoms with Gasteiger partial charge < -0.3 is 9.47 Å². The standard InChI is InChI=1S/C10H20O4S/c1-8(2)14-5-6-15(12)9(3)7-10(11)13-4/h8-9H,5-7H2,1-4H3. The summed E-state index contributed by atoms with van der Waals surface area (Å²) in [4.78, 5) is 10.9. The molecule has 0 aliphatic rings. The van der Waals surface area contributed by atoms with Gasteiger partial charge in [0.1, 0.15) is 0 Å². The molecule has 5 heteroatoms. The van der Waals surface area contributed by atoms with Crippen molar-refractivity contribution in [2.75, 3.05) is 19.5 Å². The van der Waals surface area contributed by atoms with Gasteiger partial charge in [-0.25, -0.2) is 0 Å². The molecule has 0 radical (unpaired) electrons. The van der Waals surface area contributed by atoms with Gasteiger partial charge in [-0.05, 0) is 13.8 Å². The second-order valence-electron chi connectivity index (χ2n) is 3.60. The van der Waals surface area contributed by atoms with E-state index in [-0.39, 0.29) is 23.7 Å². The molecule has 0 N–H and O–H groups in total. The first-order valence-corrected chi connectivity index (χ1v) is 6.41. The van der Waals surface area contributed by atoms with Crippen LogP contribution in [0.15, 0.2) is 0 Å². The fraction of sp³-hybridized carbons (Fsp3) is 0.900. The lowest BCUT2D eigenvalue weighted by molar-refractivity contribution is -0.140. The molecular weight excluding hydrogens is 216 g/mol. The highest BCUT2D eigenvalue weighted by molar-refractivity contribution is 7.85. The number of methoxy groups -OCH3 is 1. The first-order chi connectivity index (χ1) is 6.97. The summed E-state index contributed by atoms with van der Waals surface area (Å²) in [6.07, 6.45) is 0.350. The average molecular weight is 236 g/mol. The number of carbonyl (C=O) groups excluding carboxylic acids is 1. The molecule has 0 aliphatic carbocycles. The lowest BCUT2D eigenvalue weighted by Crippen LogP contribution is -2.22. The molecule has 90 valence electrons. The van der Waals surface area contributed by atoms with E-state index in [1.54, 1.807) is 6.92 Å². The minimum Gasteiger partial charge on any atom is -0.469 e. The molecule has 2 unspecified atom stereocenters. The number of carbonyl (C=O) groups is 1. The summed E-state index contributed by atoms with van der Waals surface area (Å²) in [6.45, 7) is 6.11. The summed E-state index contributed by atoms with van der Waals surface area (Å²) >= 11 is 0. The molecular formula is C10H20O4S. The van der Waals surface area contributed by atoms with Crippen LogP contribution in [-0.2, 0) is 25.1 Å². The van der Waals surface area contributed by atoms with Crippen LogP contribution in [0.25, 0.3) is 0 Å². The first-order valence-electron chi connectivity index (χ1n) is 5.03. The van der Waals surface area contributed by atoms with Crippen LogP contribution < -0.4 is 0 Å². The van der Waals surface area contributed by atoms with Crippen molar-refractivity contribution in [3.63, 3.8) is 0 Å². The van der Waals surface area contributed by atoms with Crippen molar-refractivity contribution >= 4 is 16.8 Å². The number of rotatable bonds is 7. The number of ether oxygens (including phenoxy) is 2. The second kappa shape index (κ2) is 7.82. The SMILES string of the molecule is COC(=O)CC(C)S(=O)CCOC(C)C. The van der Waals surface area contributed by atoms with Crippen molar-refractivity contribution in [3.8, 4) is 0 Å². The van der Waals surface area contributed by atoms with E-state index < -0.39 is 10.8 Å². The van der Waals surface area contributed by atoms with E-state index in [0.29, 0.717) is 12.4 Å². The predicted molar refractivity (Wildman–Crippen MR) is 60.2 cm³/mol. The van der Waals surface area contributed by atoms with Crippen molar-refractivity contribution in [3.05, 3.63) is 0 Å². The smallest absolute Gasteiger partial charge is 0.306 e. The summed E-state index contributed by atoms with van der Waals surface area (Å²) in [6, 6.07) is 0. The average Bonchev–Trinajstić information content (AvgIpc) is 2.16. The Bertz CT molecular complexity index is 215. The summed E-state index contributed by atoms with van der Waals surface area (Å²) < 4.78 is 21.4. The Labute approximate surface area is 93.8 Å². The van der Waals surface area contributed by atoms with Crippen molar-refractivity contribution in [1.29, 1.82) is 0 Å². The van der Waals surface area contributed by atoms with Crippen LogP contribution in [0.2, 0.25) is 0 Å². The van der Waals surface area contributed by atoms with E-state index in [2.05, 4.69) is 4.74 Å². The van der Waals surface area contributed by atoms with Gasteiger partial charge in [-0.3, -0.25) is 9.00 Å². The van der Waals surface area contributed by atoms with E-state index in [9.17, 15) is 9.00 Å². The summed E-state index contributed by atoms with van der Waals surface area (Å²) in [5.74, 6) is 0.150. The Kier molecular flexibility index (Phi) is 7.60. The molecule has 2 atom stereocenters. The fourth-order valence-corrected chi connectivity index (χ4v) is 1.96. The Morgan fingerprint density at radius 1 is 1.33 bits per heavy atom. The van der Waals surface area contributed by atoms with Gasteiger partial charge in [-0.2, -0.15) is 0 Å². The van der Waals surface area contributed by atoms with Crippen molar-refractivity contribution in [2.24, 2.45) is 0 Å². The molecule has 0 aromatic heterocycles. The van der Waals surface area contributed by atoms with Crippen LogP contribution in [0.3, 0.4) is 0 Å². The van der Waals surface area contributed by atoms with Crippen LogP contribution in [0.4, 0.5) is 0 Å². The second-order valence-corrected chi connectivity index (χ2v) is 5.57. The Morgan fingerprint density at radius 3 is 2.40 bits per heavy atom. The summed E-state index contributed by atoms with van der Waals surface area (Å²) in [7, 11) is 0.304. The van der Waals surface area contributed by atoms with Gasteiger partial charge in [-0.15, -0.1) is 0 Å². The van der Waals surface area contributed by atoms with E-state index >= 15 is 0 Å². The maximum Gasteiger partial charge on any atom is 0.306 e. The van der Waals surface area contributed by atoms with Gasteiger partial charge in [0.05, 0.1) is 26.2 Å². The molecule has 0 aliphatic heterocycles. The van der Waals surface area contributed by atoms with Crippen LogP contribution >= 0.6 is 0 Å². The van der Waals surface area contributed by atoms with Crippen molar-refractivity contribution in [2.45, 2.75) is 38.5 Å². The molecule has 0 saturated heterocycles. The van der Waals surface area contributed by atoms with E-state index in [1.165, 1.54) is 7.11 Å². The third-order valence-electron chi connectivity index (χ3n) is 1.87. The zero-order valence-corrected chi connectivity index (χ0v) is 10.6. The monoisotopic (exact) mass is 236 g/mol. The van der Waals surface area contributed by atoms with Crippen LogP contribution in [0.5, 0.6) is 0 Å². The predicted octanol–water partition coefficient (Wildman–Crippen LogP) is 1.11. The zero-order chi connectivity index (χ0) is 11.8. The Morgan fingerprint density at radius 2 is 1.93 bits per heavy atom. The van der Waals surface area contributed by atoms with Crippen LogP contribution in [-0.4, -0.2) is 41.0 Å². The molecule has 0 fully saturated rings. The maximum atomic E-state index is 11.6. The van der Waals surface area contributed by atoms with E-state index in [0.717, 1.165) is 0 Å². The van der Waals surface area contributed by atoms with Crippen molar-refractivity contribution in [1.82, 2.24) is 0 Å². The molecule has 0 saturated carbocycles. The van der Waals surface area contributed by atoms with E-state index in [1.807, 2.05) is 13.8 Å². The molecule has 0 spiro atoms. The third kappa shape index (κ3) is 7.50. The number of hydrogen-bond donors (Lipinski definition) is 0. The first kappa shape index (κ1) is 14.6. The van der Waals surface area contributed by atoms with Gasteiger partial charge in [-0.1, -0.05) is 6.92 Å². The van der Waals surface area contributed by atoms with E-state index in [4.69, 9.17) is 4.74 Å². The highest BCUT2D eigenvalue weighted by Gasteiger charge is 2.15. The zero-order valence-electron chi connectivity index (χ0n) is 9.82. The Balaban J connectivity index is 3.74. The highest BCUT2D eigenvalue weighted by Crippen LogP contribution is 2.03. The van der Waals surface area contributed by atoms with Gasteiger partial charge in [0.25, 0.3) is 0 Å². The third-order valence-corrected chi connectivity index (χ3v) is 3.50. The molecule has 0 rings (SSSR count). The molecule has 4 nitrogen and oxygen atoms in total. The maximum absolute atomic E-state index is 11.6. The van der Waals surface area contributed by atoms with Gasteiger partial charge in [0.2, 0.25) is 0 Å². The van der Waals surface area contributed by atoms with Crippen LogP contribution in [0.1, 0.15) is 27.2 Å². The topological polar surface area (TPSA) is 52.6 Å². The molecule has 15 heavy (non-hydrogen) atoms. The summed E-state index contributed by atoms with van der Waals surface area (Å²) in [5.41, 5.74) is 0. The van der Waals surface area contributed by atoms with Gasteiger partial charge >= 0.3 is 5.97 Å². The molecule has 0 aromatic carbocycles. The lowest BCUT2D eigenvalue weighted by atomic mass is 10.3. The molecule has 0 amide bonds. The molecule has 0 heterocycles. The van der Waals surface area contributed by atoms with Crippen LogP contribution in [0, 0.1) is 0 Å².